The molecule has 0 fully saturated rings. The molecule has 0 saturated carbocycles. The number of hydrogen-bond donors (Lipinski definition) is 2. The summed E-state index contributed by atoms with van der Waals surface area (Å²) in [5.41, 5.74) is 3.20. The predicted molar refractivity (Wildman–Crippen MR) is 107 cm³/mol. The third-order valence-corrected chi connectivity index (χ3v) is 3.67. The number of nitrogens with zero attached hydrogens (tertiary/aromatic N) is 1. The first-order chi connectivity index (χ1) is 13.8. The zero-order valence-electron chi connectivity index (χ0n) is 17.1. The number of carbonyl (C=O) groups is 2. The van der Waals surface area contributed by atoms with E-state index in [4.69, 9.17) is 9.47 Å². The average Bonchev–Trinajstić information content (AvgIpc) is 2.66. The topological polar surface area (TPSA) is 98.8 Å². The van der Waals surface area contributed by atoms with E-state index in [0.29, 0.717) is 18.1 Å². The van der Waals surface area contributed by atoms with Crippen LogP contribution in [0.1, 0.15) is 32.0 Å². The molecule has 0 saturated heterocycles. The molecule has 8 nitrogen and oxygen atoms in total. The first-order valence-electron chi connectivity index (χ1n) is 9.21. The minimum absolute atomic E-state index is 0.160. The van der Waals surface area contributed by atoms with Crippen LogP contribution < -0.4 is 15.5 Å². The summed E-state index contributed by atoms with van der Waals surface area (Å²) in [7, 11) is 1.32. The van der Waals surface area contributed by atoms with Crippen molar-refractivity contribution in [3.8, 4) is 5.75 Å². The van der Waals surface area contributed by atoms with Crippen LogP contribution in [0.3, 0.4) is 0 Å². The molecular formula is C21H27N3O5. The summed E-state index contributed by atoms with van der Waals surface area (Å²) >= 11 is 0. The lowest BCUT2D eigenvalue weighted by Gasteiger charge is -2.23. The second-order valence-electron chi connectivity index (χ2n) is 7.33. The van der Waals surface area contributed by atoms with E-state index in [2.05, 4.69) is 20.6 Å². The van der Waals surface area contributed by atoms with Gasteiger partial charge in [-0.3, -0.25) is 14.6 Å². The number of rotatable bonds is 8. The van der Waals surface area contributed by atoms with Crippen molar-refractivity contribution in [1.82, 2.24) is 15.8 Å². The summed E-state index contributed by atoms with van der Waals surface area (Å²) in [6.07, 6.45) is 1.04. The third kappa shape index (κ3) is 8.18. The van der Waals surface area contributed by atoms with Gasteiger partial charge in [-0.25, -0.2) is 10.3 Å². The maximum atomic E-state index is 12.2. The van der Waals surface area contributed by atoms with Crippen molar-refractivity contribution in [2.24, 2.45) is 0 Å². The highest BCUT2D eigenvalue weighted by Gasteiger charge is 2.25. The highest BCUT2D eigenvalue weighted by Crippen LogP contribution is 2.13. The number of ether oxygens (including phenoxy) is 2. The number of benzene rings is 1. The van der Waals surface area contributed by atoms with Crippen molar-refractivity contribution >= 4 is 12.0 Å². The molecule has 29 heavy (non-hydrogen) atoms. The van der Waals surface area contributed by atoms with Gasteiger partial charge in [0.25, 0.3) is 5.91 Å². The quantitative estimate of drug-likeness (QED) is 0.660. The van der Waals surface area contributed by atoms with Crippen LogP contribution in [0.15, 0.2) is 48.7 Å². The van der Waals surface area contributed by atoms with Crippen molar-refractivity contribution in [3.05, 3.63) is 59.9 Å². The van der Waals surface area contributed by atoms with Crippen LogP contribution in [0.25, 0.3) is 0 Å². The molecule has 156 valence electrons. The van der Waals surface area contributed by atoms with Gasteiger partial charge in [0.1, 0.15) is 24.0 Å². The van der Waals surface area contributed by atoms with Crippen LogP contribution in [-0.2, 0) is 27.4 Å². The smallest absolute Gasteiger partial charge is 0.408 e. The van der Waals surface area contributed by atoms with Crippen molar-refractivity contribution < 1.29 is 23.9 Å². The standard InChI is InChI=1S/C21H27N3O5/c1-21(2,3)29-20(26)23-18(19(25)24-27-4)12-16-10-11-17(13-22-16)28-14-15-8-6-5-7-9-15/h5-11,13,18H,12,14H2,1-4H3,(H,23,26)(H,24,25)/t18-/m1/s1. The SMILES string of the molecule is CONC(=O)[C@@H](Cc1ccc(OCc2ccccc2)cn1)NC(=O)OC(C)(C)C. The number of amides is 2. The molecule has 0 aliphatic carbocycles. The lowest BCUT2D eigenvalue weighted by atomic mass is 10.1. The molecule has 0 radical (unpaired) electrons. The largest absolute Gasteiger partial charge is 0.487 e. The molecule has 0 aliphatic heterocycles. The van der Waals surface area contributed by atoms with Crippen molar-refractivity contribution in [2.45, 2.75) is 45.4 Å². The fraction of sp³-hybridized carbons (Fsp3) is 0.381. The minimum atomic E-state index is -0.909. The first kappa shape index (κ1) is 22.2. The number of hydroxylamine groups is 1. The molecule has 2 aromatic rings. The lowest BCUT2D eigenvalue weighted by molar-refractivity contribution is -0.133. The lowest BCUT2D eigenvalue weighted by Crippen LogP contribution is -2.49. The van der Waals surface area contributed by atoms with E-state index in [-0.39, 0.29) is 6.42 Å². The van der Waals surface area contributed by atoms with Gasteiger partial charge in [0.15, 0.2) is 0 Å². The Balaban J connectivity index is 1.98. The van der Waals surface area contributed by atoms with Crippen molar-refractivity contribution in [3.63, 3.8) is 0 Å². The molecule has 1 aromatic heterocycles. The van der Waals surface area contributed by atoms with Crippen molar-refractivity contribution in [1.29, 1.82) is 0 Å². The Bertz CT molecular complexity index is 788. The molecule has 2 amide bonds. The van der Waals surface area contributed by atoms with Crippen LogP contribution in [0.2, 0.25) is 0 Å². The normalized spacial score (nSPS) is 12.0. The number of carbonyl (C=O) groups excluding carboxylic acids is 2. The van der Waals surface area contributed by atoms with Crippen molar-refractivity contribution in [2.75, 3.05) is 7.11 Å². The Morgan fingerprint density at radius 1 is 1.10 bits per heavy atom. The number of hydrogen-bond acceptors (Lipinski definition) is 6. The summed E-state index contributed by atoms with van der Waals surface area (Å²) in [6.45, 7) is 5.66. The predicted octanol–water partition coefficient (Wildman–Crippen LogP) is 2.77. The van der Waals surface area contributed by atoms with Gasteiger partial charge in [-0.2, -0.15) is 0 Å². The van der Waals surface area contributed by atoms with Gasteiger partial charge in [-0.05, 0) is 38.5 Å². The van der Waals surface area contributed by atoms with Gasteiger partial charge >= 0.3 is 6.09 Å². The third-order valence-electron chi connectivity index (χ3n) is 3.67. The number of aromatic nitrogens is 1. The molecule has 2 N–H and O–H groups in total. The second kappa shape index (κ2) is 10.4. The summed E-state index contributed by atoms with van der Waals surface area (Å²) < 4.78 is 10.9. The van der Waals surface area contributed by atoms with Gasteiger partial charge in [0.2, 0.25) is 0 Å². The molecule has 8 heteroatoms. The van der Waals surface area contributed by atoms with Crippen LogP contribution in [0.4, 0.5) is 4.79 Å². The molecule has 1 heterocycles. The molecule has 0 spiro atoms. The van der Waals surface area contributed by atoms with Gasteiger partial charge in [0.05, 0.1) is 13.3 Å². The molecule has 0 unspecified atom stereocenters. The van der Waals surface area contributed by atoms with E-state index < -0.39 is 23.6 Å². The Labute approximate surface area is 170 Å². The molecule has 1 atom stereocenters. The maximum absolute atomic E-state index is 12.2. The Morgan fingerprint density at radius 2 is 1.83 bits per heavy atom. The molecule has 2 rings (SSSR count). The zero-order chi connectivity index (χ0) is 21.3. The Morgan fingerprint density at radius 3 is 2.41 bits per heavy atom. The molecule has 0 bridgehead atoms. The van der Waals surface area contributed by atoms with Crippen LogP contribution >= 0.6 is 0 Å². The van der Waals surface area contributed by atoms with Crippen LogP contribution in [0, 0.1) is 0 Å². The van der Waals surface area contributed by atoms with E-state index in [1.54, 1.807) is 39.1 Å². The highest BCUT2D eigenvalue weighted by atomic mass is 16.6. The maximum Gasteiger partial charge on any atom is 0.408 e. The van der Waals surface area contributed by atoms with Gasteiger partial charge in [0, 0.05) is 12.1 Å². The molecule has 0 aliphatic rings. The summed E-state index contributed by atoms with van der Waals surface area (Å²) in [5, 5.41) is 2.54. The van der Waals surface area contributed by atoms with Crippen LogP contribution in [0.5, 0.6) is 5.75 Å². The summed E-state index contributed by atoms with van der Waals surface area (Å²) in [5.74, 6) is 0.0974. The minimum Gasteiger partial charge on any atom is -0.487 e. The molecular weight excluding hydrogens is 374 g/mol. The number of nitrogens with one attached hydrogen (secondary N) is 2. The Hall–Kier alpha value is -3.13. The van der Waals surface area contributed by atoms with Gasteiger partial charge < -0.3 is 14.8 Å². The van der Waals surface area contributed by atoms with E-state index >= 15 is 0 Å². The monoisotopic (exact) mass is 401 g/mol. The van der Waals surface area contributed by atoms with E-state index in [0.717, 1.165) is 5.56 Å². The fourth-order valence-corrected chi connectivity index (χ4v) is 2.40. The van der Waals surface area contributed by atoms with E-state index in [1.807, 2.05) is 30.3 Å². The van der Waals surface area contributed by atoms with Gasteiger partial charge in [-0.1, -0.05) is 30.3 Å². The Kier molecular flexibility index (Phi) is 7.97. The number of alkyl carbamates (subject to hydrolysis) is 1. The van der Waals surface area contributed by atoms with E-state index in [1.165, 1.54) is 7.11 Å². The van der Waals surface area contributed by atoms with Gasteiger partial charge in [-0.15, -0.1) is 0 Å². The average molecular weight is 401 g/mol. The number of pyridine rings is 1. The fourth-order valence-electron chi connectivity index (χ4n) is 2.40. The highest BCUT2D eigenvalue weighted by molar-refractivity contribution is 5.85. The molecule has 1 aromatic carbocycles. The van der Waals surface area contributed by atoms with E-state index in [9.17, 15) is 9.59 Å². The summed E-state index contributed by atoms with van der Waals surface area (Å²) in [4.78, 5) is 33.2. The zero-order valence-corrected chi connectivity index (χ0v) is 17.1. The second-order valence-corrected chi connectivity index (χ2v) is 7.33. The first-order valence-corrected chi connectivity index (χ1v) is 9.21. The van der Waals surface area contributed by atoms with Crippen LogP contribution in [-0.4, -0.2) is 35.7 Å². The summed E-state index contributed by atoms with van der Waals surface area (Å²) in [6, 6.07) is 12.4.